The summed E-state index contributed by atoms with van der Waals surface area (Å²) in [6.07, 6.45) is -2.68. The number of H-pyrrole nitrogens is 1. The third kappa shape index (κ3) is 11.4. The van der Waals surface area contributed by atoms with E-state index in [2.05, 4.69) is 36.8 Å². The van der Waals surface area contributed by atoms with Crippen LogP contribution in [-0.2, 0) is 47.5 Å². The molecule has 0 saturated carbocycles. The van der Waals surface area contributed by atoms with Gasteiger partial charge in [-0.3, -0.25) is 37.3 Å². The van der Waals surface area contributed by atoms with E-state index in [0.717, 1.165) is 54.3 Å². The van der Waals surface area contributed by atoms with E-state index in [0.29, 0.717) is 11.3 Å². The van der Waals surface area contributed by atoms with Gasteiger partial charge in [0.15, 0.2) is 47.4 Å². The Balaban J connectivity index is 1.01. The first-order valence-electron chi connectivity index (χ1n) is 22.4. The number of carbonyl (C=O) groups excluding carboxylic acids is 1. The molecule has 0 radical (unpaired) electrons. The largest absolute Gasteiger partial charge is 0.473 e. The fraction of sp³-hybridized carbons (Fsp3) is 0.585. The smallest absolute Gasteiger partial charge is 0.427 e. The predicted octanol–water partition coefficient (Wildman–Crippen LogP) is 6.81. The summed E-state index contributed by atoms with van der Waals surface area (Å²) in [4.78, 5) is 59.1. The van der Waals surface area contributed by atoms with Gasteiger partial charge in [-0.1, -0.05) is 81.8 Å². The zero-order chi connectivity index (χ0) is 48.2. The number of phosphoric acid groups is 1. The van der Waals surface area contributed by atoms with Crippen molar-refractivity contribution in [1.82, 2.24) is 39.0 Å². The highest BCUT2D eigenvalue weighted by Crippen LogP contribution is 2.62. The van der Waals surface area contributed by atoms with Crippen LogP contribution in [0.2, 0.25) is 0 Å². The Bertz CT molecular complexity index is 2700. The van der Waals surface area contributed by atoms with Crippen molar-refractivity contribution in [3.8, 4) is 5.75 Å². The number of halogens is 2. The van der Waals surface area contributed by atoms with Crippen LogP contribution in [0.4, 0.5) is 20.5 Å². The minimum Gasteiger partial charge on any atom is -0.427 e. The molecule has 5 aromatic rings. The van der Waals surface area contributed by atoms with Crippen molar-refractivity contribution in [3.63, 3.8) is 0 Å². The number of nitrogens with two attached hydrogens (primary N) is 2. The molecule has 3 aliphatic heterocycles. The minimum absolute atomic E-state index is 0.0136. The highest BCUT2D eigenvalue weighted by molar-refractivity contribution is 8.56. The van der Waals surface area contributed by atoms with Gasteiger partial charge in [-0.15, -0.1) is 0 Å². The fourth-order valence-corrected chi connectivity index (χ4v) is 12.8. The Morgan fingerprint density at radius 1 is 0.882 bits per heavy atom. The van der Waals surface area contributed by atoms with E-state index in [1.165, 1.54) is 49.9 Å². The number of phosphoric ester groups is 1. The average molecular weight is 1010 g/mol. The molecule has 27 heteroatoms. The molecule has 3 fully saturated rings. The number of hydrogen-bond donors (Lipinski definition) is 4. The maximum absolute atomic E-state index is 16.8. The molecule has 4 aromatic heterocycles. The van der Waals surface area contributed by atoms with Gasteiger partial charge < -0.3 is 39.8 Å². The van der Waals surface area contributed by atoms with Crippen LogP contribution in [0.15, 0.2) is 48.0 Å². The Hall–Kier alpha value is -4.42. The highest BCUT2D eigenvalue weighted by atomic mass is 32.7. The van der Waals surface area contributed by atoms with Gasteiger partial charge in [0.25, 0.3) is 12.1 Å². The minimum atomic E-state index is -5.32. The predicted molar refractivity (Wildman–Crippen MR) is 244 cm³/mol. The Morgan fingerprint density at radius 3 is 2.31 bits per heavy atom. The number of nitrogen functional groups attached to an aromatic ring is 2. The second-order valence-corrected chi connectivity index (χ2v) is 22.9. The highest BCUT2D eigenvalue weighted by Gasteiger charge is 2.55. The summed E-state index contributed by atoms with van der Waals surface area (Å²) in [5.74, 6) is -0.280. The van der Waals surface area contributed by atoms with Crippen LogP contribution in [-0.4, -0.2) is 106 Å². The lowest BCUT2D eigenvalue weighted by molar-refractivity contribution is -0.134. The second-order valence-electron chi connectivity index (χ2n) is 16.8. The number of aromatic nitrogens is 8. The molecule has 0 spiro atoms. The molecule has 2 bridgehead atoms. The first-order chi connectivity index (χ1) is 32.6. The monoisotopic (exact) mass is 1010 g/mol. The Labute approximate surface area is 392 Å². The van der Waals surface area contributed by atoms with Crippen LogP contribution in [0.1, 0.15) is 96.1 Å². The van der Waals surface area contributed by atoms with Crippen molar-refractivity contribution >= 4 is 65.8 Å². The summed E-state index contributed by atoms with van der Waals surface area (Å²) in [7, 11) is -5.32. The number of aromatic amines is 1. The van der Waals surface area contributed by atoms with Crippen LogP contribution in [0, 0.1) is 0 Å². The van der Waals surface area contributed by atoms with Gasteiger partial charge in [0.05, 0.1) is 25.4 Å². The number of fused-ring (bicyclic) bond motifs is 5. The lowest BCUT2D eigenvalue weighted by Gasteiger charge is -2.29. The number of anilines is 2. The lowest BCUT2D eigenvalue weighted by atomic mass is 10.1. The van der Waals surface area contributed by atoms with Gasteiger partial charge in [-0.2, -0.15) is 4.98 Å². The molecule has 7 heterocycles. The van der Waals surface area contributed by atoms with Gasteiger partial charge in [0, 0.05) is 12.2 Å². The number of unbranched alkanes of at least 4 members (excludes halogenated alkanes) is 8. The van der Waals surface area contributed by atoms with E-state index in [9.17, 15) is 23.6 Å². The fourth-order valence-electron chi connectivity index (χ4n) is 8.31. The number of alkyl halides is 2. The molecule has 2 unspecified atom stereocenters. The van der Waals surface area contributed by atoms with Crippen molar-refractivity contribution in [3.05, 3.63) is 59.2 Å². The summed E-state index contributed by atoms with van der Waals surface area (Å²) in [6, 6.07) is 6.57. The molecule has 0 amide bonds. The van der Waals surface area contributed by atoms with Crippen LogP contribution in [0.25, 0.3) is 22.3 Å². The van der Waals surface area contributed by atoms with E-state index in [1.54, 1.807) is 24.3 Å². The first-order valence-corrected chi connectivity index (χ1v) is 27.3. The van der Waals surface area contributed by atoms with Crippen LogP contribution in [0.3, 0.4) is 0 Å². The topological polar surface area (TPSA) is 295 Å². The molecule has 370 valence electrons. The molecule has 68 heavy (non-hydrogen) atoms. The van der Waals surface area contributed by atoms with Crippen molar-refractivity contribution < 1.29 is 60.1 Å². The molecular weight excluding hydrogens is 957 g/mol. The maximum Gasteiger partial charge on any atom is 0.473 e. The Kier molecular flexibility index (Phi) is 15.9. The number of ether oxygens (including phenoxy) is 4. The summed E-state index contributed by atoms with van der Waals surface area (Å²) >= 11 is 0.813. The maximum atomic E-state index is 16.8. The van der Waals surface area contributed by atoms with Gasteiger partial charge in [0.1, 0.15) is 48.4 Å². The van der Waals surface area contributed by atoms with Gasteiger partial charge in [-0.25, -0.2) is 33.3 Å². The molecule has 22 nitrogen and oxygen atoms in total. The van der Waals surface area contributed by atoms with Crippen molar-refractivity contribution in [1.29, 1.82) is 0 Å². The SMILES string of the molecule is CCCCCCCCCCCC(=O)Oc1ccc(CSP2(=O)CO[C@H]3[C@@H](F)[C@H](n4cnc5c(N)ncnc54)O[C@@H]3[C@H](C)OP(=O)(O)O[C@@H]3[C@H](F)[C@@H](CO2)O[C@H]3n2cnc3c(=O)[nH]c(N)nc32)cc1. The number of esters is 1. The van der Waals surface area contributed by atoms with E-state index >= 15 is 8.78 Å². The summed E-state index contributed by atoms with van der Waals surface area (Å²) in [5.41, 5.74) is 11.5. The molecule has 8 rings (SSSR count). The second kappa shape index (κ2) is 21.7. The average Bonchev–Trinajstić information content (AvgIpc) is 4.08. The zero-order valence-corrected chi connectivity index (χ0v) is 39.8. The molecule has 3 saturated heterocycles. The summed E-state index contributed by atoms with van der Waals surface area (Å²) in [6.45, 7) is -1.41. The quantitative estimate of drug-likeness (QED) is 0.0341. The molecule has 1 aromatic carbocycles. The number of nitrogens with one attached hydrogen (secondary N) is 1. The lowest BCUT2D eigenvalue weighted by Crippen LogP contribution is -2.40. The van der Waals surface area contributed by atoms with Gasteiger partial charge in [0.2, 0.25) is 5.95 Å². The standard InChI is InChI=1S/C41H54F2N10O12P2S/c1-3-4-5-6-7-8-9-10-11-12-27(54)61-25-15-13-24(14-16-25)18-68-66(56)22-59-33-29(43)39(52-20-48-30-35(44)46-19-47-36(30)52)63-32(33)23(2)64-67(57,58)65-34-28(42)26(17-60-66)62-40(34)53-21-49-31-37(53)50-41(45)51-38(31)55/h13-16,19-21,23,26,28-29,32-34,39-40H,3-12,17-18,22H2,1-2H3,(H,57,58)(H2,44,46,47)(H3,45,50,51,55)/t23-,26+,28+,29+,32+,33-,34+,39+,40+,66?/m0/s1. The number of nitrogens with zero attached hydrogens (tertiary/aromatic N) is 7. The summed E-state index contributed by atoms with van der Waals surface area (Å²) in [5, 5.41) is 0. The number of rotatable bonds is 16. The molecule has 6 N–H and O–H groups in total. The van der Waals surface area contributed by atoms with Crippen molar-refractivity contribution in [2.75, 3.05) is 24.4 Å². The van der Waals surface area contributed by atoms with E-state index in [1.807, 2.05) is 0 Å². The number of hydrogen-bond acceptors (Lipinski definition) is 19. The van der Waals surface area contributed by atoms with Gasteiger partial charge >= 0.3 is 13.8 Å². The zero-order valence-electron chi connectivity index (χ0n) is 37.2. The third-order valence-corrected chi connectivity index (χ3v) is 17.0. The van der Waals surface area contributed by atoms with E-state index < -0.39 is 88.2 Å². The molecular formula is C41H54F2N10O12P2S. The first kappa shape index (κ1) is 50.0. The molecule has 3 aliphatic rings. The van der Waals surface area contributed by atoms with Gasteiger partial charge in [-0.05, 0) is 31.0 Å². The number of imidazole rings is 2. The van der Waals surface area contributed by atoms with E-state index in [-0.39, 0.29) is 52.2 Å². The Morgan fingerprint density at radius 2 is 1.57 bits per heavy atom. The van der Waals surface area contributed by atoms with Crippen molar-refractivity contribution in [2.24, 2.45) is 0 Å². The van der Waals surface area contributed by atoms with Crippen LogP contribution in [0.5, 0.6) is 5.75 Å². The van der Waals surface area contributed by atoms with E-state index in [4.69, 9.17) is 44.0 Å². The molecule has 0 aliphatic carbocycles. The number of carbonyl (C=O) groups is 1. The molecule has 11 atom stereocenters. The van der Waals surface area contributed by atoms with Crippen LogP contribution >= 0.6 is 25.8 Å². The normalized spacial score (nSPS) is 30.1. The number of benzene rings is 1. The van der Waals surface area contributed by atoms with Crippen LogP contribution < -0.4 is 21.8 Å². The third-order valence-electron chi connectivity index (χ3n) is 11.8. The van der Waals surface area contributed by atoms with Crippen molar-refractivity contribution in [2.45, 2.75) is 139 Å². The summed E-state index contributed by atoms with van der Waals surface area (Å²) < 4.78 is 105.